The van der Waals surface area contributed by atoms with Gasteiger partial charge in [0, 0.05) is 17.0 Å². The molecule has 1 aliphatic rings. The molecule has 0 unspecified atom stereocenters. The van der Waals surface area contributed by atoms with Crippen LogP contribution < -0.4 is 5.32 Å². The molecule has 3 nitrogen and oxygen atoms in total. The van der Waals surface area contributed by atoms with Gasteiger partial charge in [-0.1, -0.05) is 61.2 Å². The fourth-order valence-corrected chi connectivity index (χ4v) is 5.27. The zero-order valence-electron chi connectivity index (χ0n) is 15.9. The van der Waals surface area contributed by atoms with E-state index in [1.165, 1.54) is 31.4 Å². The summed E-state index contributed by atoms with van der Waals surface area (Å²) in [6.07, 6.45) is 6.07. The predicted octanol–water partition coefficient (Wildman–Crippen LogP) is 7.27. The molecule has 148 valence electrons. The first-order chi connectivity index (χ1) is 14.2. The molecule has 2 heterocycles. The SMILES string of the molecule is Fc1ccc(-c2nc3scc(-c4ccccc4)n3c2NC2CCCCC2)c(Cl)c1. The maximum Gasteiger partial charge on any atom is 0.196 e. The van der Waals surface area contributed by atoms with Crippen LogP contribution in [0.25, 0.3) is 27.5 Å². The number of hydrogen-bond donors (Lipinski definition) is 1. The van der Waals surface area contributed by atoms with Gasteiger partial charge in [0.2, 0.25) is 0 Å². The van der Waals surface area contributed by atoms with E-state index < -0.39 is 0 Å². The van der Waals surface area contributed by atoms with Crippen molar-refractivity contribution in [3.63, 3.8) is 0 Å². The summed E-state index contributed by atoms with van der Waals surface area (Å²) in [5.74, 6) is 0.604. The Kier molecular flexibility index (Phi) is 5.02. The van der Waals surface area contributed by atoms with Gasteiger partial charge in [-0.3, -0.25) is 4.40 Å². The van der Waals surface area contributed by atoms with Crippen LogP contribution in [-0.4, -0.2) is 15.4 Å². The van der Waals surface area contributed by atoms with Gasteiger partial charge in [-0.05, 0) is 36.6 Å². The number of nitrogens with one attached hydrogen (secondary N) is 1. The third-order valence-electron chi connectivity index (χ3n) is 5.57. The summed E-state index contributed by atoms with van der Waals surface area (Å²) in [6.45, 7) is 0. The molecule has 1 N–H and O–H groups in total. The summed E-state index contributed by atoms with van der Waals surface area (Å²) in [4.78, 5) is 5.80. The van der Waals surface area contributed by atoms with Crippen LogP contribution in [0.4, 0.5) is 10.2 Å². The first-order valence-electron chi connectivity index (χ1n) is 9.98. The average molecular weight is 426 g/mol. The van der Waals surface area contributed by atoms with E-state index >= 15 is 0 Å². The molecule has 29 heavy (non-hydrogen) atoms. The van der Waals surface area contributed by atoms with Crippen molar-refractivity contribution in [2.24, 2.45) is 0 Å². The van der Waals surface area contributed by atoms with Gasteiger partial charge in [-0.25, -0.2) is 9.37 Å². The van der Waals surface area contributed by atoms with Crippen molar-refractivity contribution in [2.75, 3.05) is 5.32 Å². The minimum Gasteiger partial charge on any atom is -0.367 e. The van der Waals surface area contributed by atoms with Gasteiger partial charge in [0.25, 0.3) is 0 Å². The molecule has 0 spiro atoms. The fraction of sp³-hybridized carbons (Fsp3) is 0.261. The Bertz CT molecular complexity index is 1150. The largest absolute Gasteiger partial charge is 0.367 e. The Morgan fingerprint density at radius 1 is 1.07 bits per heavy atom. The topological polar surface area (TPSA) is 29.3 Å². The van der Waals surface area contributed by atoms with E-state index in [0.29, 0.717) is 11.1 Å². The third-order valence-corrected chi connectivity index (χ3v) is 6.70. The van der Waals surface area contributed by atoms with Crippen molar-refractivity contribution >= 4 is 33.7 Å². The summed E-state index contributed by atoms with van der Waals surface area (Å²) >= 11 is 8.02. The highest BCUT2D eigenvalue weighted by atomic mass is 35.5. The van der Waals surface area contributed by atoms with E-state index in [0.717, 1.165) is 46.1 Å². The standard InChI is InChI=1S/C23H21ClFN3S/c24-19-13-16(25)11-12-18(19)21-22(26-17-9-5-2-6-10-17)28-20(14-29-23(28)27-21)15-7-3-1-4-8-15/h1,3-4,7-8,11-14,17,26H,2,5-6,9-10H2. The molecule has 2 aromatic carbocycles. The van der Waals surface area contributed by atoms with Crippen LogP contribution in [0.5, 0.6) is 0 Å². The number of fused-ring (bicyclic) bond motifs is 1. The van der Waals surface area contributed by atoms with E-state index in [1.54, 1.807) is 17.4 Å². The second-order valence-electron chi connectivity index (χ2n) is 7.52. The lowest BCUT2D eigenvalue weighted by molar-refractivity contribution is 0.462. The average Bonchev–Trinajstić information content (AvgIpc) is 3.30. The zero-order chi connectivity index (χ0) is 19.8. The van der Waals surface area contributed by atoms with Crippen molar-refractivity contribution in [1.82, 2.24) is 9.38 Å². The number of hydrogen-bond acceptors (Lipinski definition) is 3. The number of thiazole rings is 1. The van der Waals surface area contributed by atoms with Crippen LogP contribution in [0.1, 0.15) is 32.1 Å². The Morgan fingerprint density at radius 2 is 1.86 bits per heavy atom. The van der Waals surface area contributed by atoms with Gasteiger partial charge < -0.3 is 5.32 Å². The smallest absolute Gasteiger partial charge is 0.196 e. The molecule has 0 radical (unpaired) electrons. The van der Waals surface area contributed by atoms with Crippen molar-refractivity contribution in [2.45, 2.75) is 38.1 Å². The molecule has 1 fully saturated rings. The molecule has 0 saturated heterocycles. The monoisotopic (exact) mass is 425 g/mol. The Morgan fingerprint density at radius 3 is 2.62 bits per heavy atom. The van der Waals surface area contributed by atoms with E-state index in [9.17, 15) is 4.39 Å². The number of nitrogens with zero attached hydrogens (tertiary/aromatic N) is 2. The molecule has 0 bridgehead atoms. The molecule has 0 atom stereocenters. The predicted molar refractivity (Wildman–Crippen MR) is 119 cm³/mol. The fourth-order valence-electron chi connectivity index (χ4n) is 4.11. The number of imidazole rings is 1. The molecule has 0 aliphatic heterocycles. The number of halogens is 2. The lowest BCUT2D eigenvalue weighted by atomic mass is 9.95. The van der Waals surface area contributed by atoms with Crippen LogP contribution in [-0.2, 0) is 0 Å². The van der Waals surface area contributed by atoms with Crippen LogP contribution in [0.3, 0.4) is 0 Å². The second kappa shape index (κ2) is 7.81. The molecule has 1 aliphatic carbocycles. The number of anilines is 1. The molecule has 6 heteroatoms. The minimum atomic E-state index is -0.341. The summed E-state index contributed by atoms with van der Waals surface area (Å²) in [7, 11) is 0. The van der Waals surface area contributed by atoms with Gasteiger partial charge in [-0.15, -0.1) is 11.3 Å². The Balaban J connectivity index is 1.69. The van der Waals surface area contributed by atoms with E-state index in [2.05, 4.69) is 27.2 Å². The molecule has 1 saturated carbocycles. The lowest BCUT2D eigenvalue weighted by Gasteiger charge is -2.24. The first kappa shape index (κ1) is 18.6. The van der Waals surface area contributed by atoms with Crippen molar-refractivity contribution in [3.8, 4) is 22.5 Å². The highest BCUT2D eigenvalue weighted by molar-refractivity contribution is 7.15. The van der Waals surface area contributed by atoms with Crippen LogP contribution >= 0.6 is 22.9 Å². The van der Waals surface area contributed by atoms with E-state index in [4.69, 9.17) is 16.6 Å². The van der Waals surface area contributed by atoms with Crippen LogP contribution in [0, 0.1) is 5.82 Å². The molecule has 5 rings (SSSR count). The van der Waals surface area contributed by atoms with Gasteiger partial charge in [-0.2, -0.15) is 0 Å². The number of aromatic nitrogens is 2. The Labute approximate surface area is 178 Å². The highest BCUT2D eigenvalue weighted by Gasteiger charge is 2.23. The minimum absolute atomic E-state index is 0.341. The van der Waals surface area contributed by atoms with Crippen molar-refractivity contribution < 1.29 is 4.39 Å². The summed E-state index contributed by atoms with van der Waals surface area (Å²) in [5, 5.41) is 6.28. The highest BCUT2D eigenvalue weighted by Crippen LogP contribution is 2.39. The van der Waals surface area contributed by atoms with Gasteiger partial charge in [0.15, 0.2) is 4.96 Å². The summed E-state index contributed by atoms with van der Waals surface area (Å²) in [5.41, 5.74) is 3.77. The maximum atomic E-state index is 13.6. The normalized spacial score (nSPS) is 15.1. The molecular weight excluding hydrogens is 405 g/mol. The zero-order valence-corrected chi connectivity index (χ0v) is 17.4. The summed E-state index contributed by atoms with van der Waals surface area (Å²) in [6, 6.07) is 15.2. The number of rotatable bonds is 4. The van der Waals surface area contributed by atoms with Crippen LogP contribution in [0.2, 0.25) is 5.02 Å². The molecular formula is C23H21ClFN3S. The first-order valence-corrected chi connectivity index (χ1v) is 11.2. The van der Waals surface area contributed by atoms with Gasteiger partial charge >= 0.3 is 0 Å². The maximum absolute atomic E-state index is 13.6. The van der Waals surface area contributed by atoms with Crippen LogP contribution in [0.15, 0.2) is 53.9 Å². The molecule has 0 amide bonds. The third kappa shape index (κ3) is 3.53. The molecule has 4 aromatic rings. The van der Waals surface area contributed by atoms with Crippen molar-refractivity contribution in [3.05, 3.63) is 64.8 Å². The van der Waals surface area contributed by atoms with Gasteiger partial charge in [0.1, 0.15) is 17.3 Å². The summed E-state index contributed by atoms with van der Waals surface area (Å²) < 4.78 is 15.8. The second-order valence-corrected chi connectivity index (χ2v) is 8.76. The van der Waals surface area contributed by atoms with Crippen molar-refractivity contribution in [1.29, 1.82) is 0 Å². The quantitative estimate of drug-likeness (QED) is 0.372. The number of benzene rings is 2. The lowest BCUT2D eigenvalue weighted by Crippen LogP contribution is -2.23. The van der Waals surface area contributed by atoms with Gasteiger partial charge in [0.05, 0.1) is 10.7 Å². The molecule has 2 aromatic heterocycles. The van der Waals surface area contributed by atoms with E-state index in [1.807, 2.05) is 18.2 Å². The Hall–Kier alpha value is -2.37. The van der Waals surface area contributed by atoms with E-state index in [-0.39, 0.29) is 5.82 Å².